The second kappa shape index (κ2) is 7.60. The predicted octanol–water partition coefficient (Wildman–Crippen LogP) is -0.241. The first-order valence-corrected chi connectivity index (χ1v) is 8.65. The summed E-state index contributed by atoms with van der Waals surface area (Å²) in [6.07, 6.45) is 6.17. The molecule has 3 atom stereocenters. The third-order valence-corrected chi connectivity index (χ3v) is 4.66. The van der Waals surface area contributed by atoms with E-state index in [9.17, 15) is 9.59 Å². The molecule has 0 radical (unpaired) electrons. The van der Waals surface area contributed by atoms with Crippen molar-refractivity contribution in [3.8, 4) is 0 Å². The highest BCUT2D eigenvalue weighted by atomic mass is 16.2. The van der Waals surface area contributed by atoms with Gasteiger partial charge in [-0.25, -0.2) is 4.99 Å². The van der Waals surface area contributed by atoms with Gasteiger partial charge < -0.3 is 15.5 Å². The van der Waals surface area contributed by atoms with E-state index >= 15 is 0 Å². The van der Waals surface area contributed by atoms with Crippen molar-refractivity contribution in [2.45, 2.75) is 32.0 Å². The van der Waals surface area contributed by atoms with Crippen LogP contribution in [0.1, 0.15) is 19.8 Å². The molecule has 3 aliphatic heterocycles. The lowest BCUT2D eigenvalue weighted by atomic mass is 9.94. The summed E-state index contributed by atoms with van der Waals surface area (Å²) in [7, 11) is 0. The molecule has 1 saturated heterocycles. The van der Waals surface area contributed by atoms with E-state index in [1.807, 2.05) is 6.92 Å². The molecule has 3 N–H and O–H groups in total. The van der Waals surface area contributed by atoms with E-state index in [1.54, 1.807) is 11.1 Å². The van der Waals surface area contributed by atoms with Gasteiger partial charge in [-0.05, 0) is 25.8 Å². The summed E-state index contributed by atoms with van der Waals surface area (Å²) in [5.74, 6) is 0.332. The molecule has 0 aromatic rings. The van der Waals surface area contributed by atoms with Crippen LogP contribution >= 0.6 is 0 Å². The molecule has 3 heterocycles. The van der Waals surface area contributed by atoms with Crippen molar-refractivity contribution in [1.82, 2.24) is 20.9 Å². The van der Waals surface area contributed by atoms with Gasteiger partial charge in [-0.15, -0.1) is 0 Å². The van der Waals surface area contributed by atoms with Crippen molar-refractivity contribution < 1.29 is 9.59 Å². The molecule has 0 bridgehead atoms. The van der Waals surface area contributed by atoms with Gasteiger partial charge >= 0.3 is 0 Å². The van der Waals surface area contributed by atoms with Crippen molar-refractivity contribution in [3.05, 3.63) is 24.4 Å². The summed E-state index contributed by atoms with van der Waals surface area (Å²) in [4.78, 5) is 34.6. The van der Waals surface area contributed by atoms with Gasteiger partial charge in [0.2, 0.25) is 11.8 Å². The van der Waals surface area contributed by atoms with E-state index in [0.717, 1.165) is 25.2 Å². The number of fused-ring (bicyclic) bond motifs is 1. The quantitative estimate of drug-likeness (QED) is 0.600. The molecule has 3 rings (SSSR count). The molecule has 1 fully saturated rings. The standard InChI is InChI=1S/C17H24N6O2/c1-3-13(24)23-7-5-6-11(9-23)22-16-14-12(17(25)18-4-2)8-19-15(14)20-10-21-16/h3,8,10-11,14,16,22H,1,4-7,9H2,2H3,(H,18,25)(H,19,20,21)/t11-,14-,16?/m1/s1. The number of hydrogen-bond donors (Lipinski definition) is 3. The molecule has 8 heteroatoms. The predicted molar refractivity (Wildman–Crippen MR) is 96.0 cm³/mol. The average Bonchev–Trinajstić information content (AvgIpc) is 3.07. The molecule has 1 unspecified atom stereocenters. The van der Waals surface area contributed by atoms with Gasteiger partial charge in [0.1, 0.15) is 18.3 Å². The second-order valence-electron chi connectivity index (χ2n) is 6.30. The average molecular weight is 344 g/mol. The highest BCUT2D eigenvalue weighted by Crippen LogP contribution is 2.25. The van der Waals surface area contributed by atoms with Gasteiger partial charge in [0, 0.05) is 37.4 Å². The number of aliphatic imine (C=N–C) groups is 2. The Balaban J connectivity index is 1.69. The summed E-state index contributed by atoms with van der Waals surface area (Å²) >= 11 is 0. The number of likely N-dealkylation sites (tertiary alicyclic amines) is 1. The van der Waals surface area contributed by atoms with Crippen molar-refractivity contribution in [1.29, 1.82) is 0 Å². The number of carbonyl (C=O) groups is 2. The van der Waals surface area contributed by atoms with Gasteiger partial charge in [0.25, 0.3) is 0 Å². The summed E-state index contributed by atoms with van der Waals surface area (Å²) in [6, 6.07) is 0.121. The normalized spacial score (nSPS) is 27.7. The maximum Gasteiger partial charge on any atom is 0.249 e. The number of piperidine rings is 1. The molecule has 2 amide bonds. The molecule has 0 saturated carbocycles. The Kier molecular flexibility index (Phi) is 5.28. The molecule has 0 spiro atoms. The summed E-state index contributed by atoms with van der Waals surface area (Å²) in [6.45, 7) is 7.37. The number of amidine groups is 1. The molecule has 134 valence electrons. The number of hydrogen-bond acceptors (Lipinski definition) is 6. The maximum atomic E-state index is 12.3. The molecular formula is C17H24N6O2. The zero-order valence-corrected chi connectivity index (χ0v) is 14.4. The lowest BCUT2D eigenvalue weighted by molar-refractivity contribution is -0.127. The minimum absolute atomic E-state index is 0.0497. The fraction of sp³-hybridized carbons (Fsp3) is 0.529. The van der Waals surface area contributed by atoms with Gasteiger partial charge in [0.15, 0.2) is 0 Å². The first-order valence-electron chi connectivity index (χ1n) is 8.65. The third kappa shape index (κ3) is 3.63. The van der Waals surface area contributed by atoms with Crippen LogP contribution in [0.25, 0.3) is 0 Å². The van der Waals surface area contributed by atoms with Gasteiger partial charge in [0.05, 0.1) is 5.92 Å². The van der Waals surface area contributed by atoms with Gasteiger partial charge in [-0.1, -0.05) is 6.58 Å². The number of nitrogens with zero attached hydrogens (tertiary/aromatic N) is 3. The van der Waals surface area contributed by atoms with E-state index in [2.05, 4.69) is 32.5 Å². The molecule has 0 aliphatic carbocycles. The highest BCUT2D eigenvalue weighted by molar-refractivity contribution is 6.07. The van der Waals surface area contributed by atoms with Gasteiger partial charge in [-0.2, -0.15) is 0 Å². The van der Waals surface area contributed by atoms with Crippen LogP contribution in [0.2, 0.25) is 0 Å². The molecular weight excluding hydrogens is 320 g/mol. The van der Waals surface area contributed by atoms with Crippen LogP contribution in [0.3, 0.4) is 0 Å². The van der Waals surface area contributed by atoms with Crippen molar-refractivity contribution in [2.75, 3.05) is 19.6 Å². The Morgan fingerprint density at radius 3 is 3.12 bits per heavy atom. The van der Waals surface area contributed by atoms with Crippen LogP contribution in [0, 0.1) is 5.92 Å². The summed E-state index contributed by atoms with van der Waals surface area (Å²) in [5, 5.41) is 9.40. The lowest BCUT2D eigenvalue weighted by Gasteiger charge is -2.36. The summed E-state index contributed by atoms with van der Waals surface area (Å²) in [5.41, 5.74) is 0.629. The molecule has 0 aromatic heterocycles. The fourth-order valence-corrected chi connectivity index (χ4v) is 3.46. The highest BCUT2D eigenvalue weighted by Gasteiger charge is 2.39. The monoisotopic (exact) mass is 344 g/mol. The zero-order chi connectivity index (χ0) is 17.8. The second-order valence-corrected chi connectivity index (χ2v) is 6.30. The minimum Gasteiger partial charge on any atom is -0.353 e. The maximum absolute atomic E-state index is 12.3. The van der Waals surface area contributed by atoms with Crippen molar-refractivity contribution in [2.24, 2.45) is 15.9 Å². The molecule has 25 heavy (non-hydrogen) atoms. The number of carbonyl (C=O) groups excluding carboxylic acids is 2. The Morgan fingerprint density at radius 1 is 1.52 bits per heavy atom. The number of nitrogens with one attached hydrogen (secondary N) is 3. The van der Waals surface area contributed by atoms with E-state index in [1.165, 1.54) is 12.4 Å². The van der Waals surface area contributed by atoms with Crippen LogP contribution in [-0.2, 0) is 9.59 Å². The molecule has 3 aliphatic rings. The number of rotatable bonds is 5. The van der Waals surface area contributed by atoms with Crippen LogP contribution in [-0.4, -0.2) is 60.7 Å². The van der Waals surface area contributed by atoms with E-state index in [-0.39, 0.29) is 29.9 Å². The number of likely N-dealkylation sites (N-methyl/N-ethyl adjacent to an activating group) is 1. The first-order chi connectivity index (χ1) is 12.1. The van der Waals surface area contributed by atoms with E-state index in [0.29, 0.717) is 18.7 Å². The fourth-order valence-electron chi connectivity index (χ4n) is 3.46. The van der Waals surface area contributed by atoms with E-state index < -0.39 is 0 Å². The van der Waals surface area contributed by atoms with Crippen molar-refractivity contribution in [3.63, 3.8) is 0 Å². The topological polar surface area (TPSA) is 98.2 Å². The van der Waals surface area contributed by atoms with Crippen LogP contribution in [0.5, 0.6) is 0 Å². The summed E-state index contributed by atoms with van der Waals surface area (Å²) < 4.78 is 0. The third-order valence-electron chi connectivity index (χ3n) is 4.66. The van der Waals surface area contributed by atoms with Crippen LogP contribution in [0.4, 0.5) is 0 Å². The number of amides is 2. The minimum atomic E-state index is -0.278. The zero-order valence-electron chi connectivity index (χ0n) is 14.4. The molecule has 8 nitrogen and oxygen atoms in total. The first kappa shape index (κ1) is 17.3. The van der Waals surface area contributed by atoms with Crippen molar-refractivity contribution >= 4 is 24.0 Å². The van der Waals surface area contributed by atoms with Gasteiger partial charge in [-0.3, -0.25) is 19.9 Å². The Morgan fingerprint density at radius 2 is 2.36 bits per heavy atom. The molecule has 0 aromatic carbocycles. The van der Waals surface area contributed by atoms with E-state index in [4.69, 9.17) is 0 Å². The largest absolute Gasteiger partial charge is 0.353 e. The smallest absolute Gasteiger partial charge is 0.249 e. The SMILES string of the molecule is C=CC(=O)N1CCC[C@@H](NC2N=CN=C3NC=C(C(=O)NCC)[C@H]32)C1. The Bertz CT molecular complexity index is 654. The lowest BCUT2D eigenvalue weighted by Crippen LogP contribution is -2.54. The van der Waals surface area contributed by atoms with Crippen LogP contribution < -0.4 is 16.0 Å². The Hall–Kier alpha value is -2.48. The van der Waals surface area contributed by atoms with Crippen LogP contribution in [0.15, 0.2) is 34.4 Å². The Labute approximate surface area is 147 Å².